The summed E-state index contributed by atoms with van der Waals surface area (Å²) < 4.78 is 1.76. The van der Waals surface area contributed by atoms with Gasteiger partial charge in [-0.2, -0.15) is 0 Å². The van der Waals surface area contributed by atoms with E-state index in [4.69, 9.17) is 23.2 Å². The molecule has 0 aliphatic carbocycles. The molecule has 9 heteroatoms. The number of benzene rings is 1. The minimum atomic E-state index is -0.449. The molecule has 1 atom stereocenters. The molecule has 1 fully saturated rings. The second-order valence-electron chi connectivity index (χ2n) is 6.77. The lowest BCUT2D eigenvalue weighted by Crippen LogP contribution is -2.48. The van der Waals surface area contributed by atoms with E-state index in [-0.39, 0.29) is 0 Å². The lowest BCUT2D eigenvalue weighted by atomic mass is 10.2. The number of hydrogen-bond donors (Lipinski definition) is 1. The fourth-order valence-electron chi connectivity index (χ4n) is 3.35. The summed E-state index contributed by atoms with van der Waals surface area (Å²) in [4.78, 5) is 4.69. The molecule has 1 N–H and O–H groups in total. The van der Waals surface area contributed by atoms with Gasteiger partial charge in [-0.05, 0) is 18.2 Å². The van der Waals surface area contributed by atoms with Crippen molar-refractivity contribution in [2.45, 2.75) is 11.3 Å². The Bertz CT molecular complexity index is 931. The first kappa shape index (κ1) is 19.8. The Kier molecular flexibility index (Phi) is 6.28. The van der Waals surface area contributed by atoms with Gasteiger partial charge in [0, 0.05) is 50.4 Å². The Balaban J connectivity index is 1.28. The van der Waals surface area contributed by atoms with Crippen LogP contribution in [0.3, 0.4) is 0 Å². The van der Waals surface area contributed by atoms with Gasteiger partial charge in [-0.3, -0.25) is 9.30 Å². The van der Waals surface area contributed by atoms with Crippen molar-refractivity contribution in [1.82, 2.24) is 19.5 Å². The number of rotatable bonds is 6. The maximum Gasteiger partial charge on any atom is 0.195 e. The zero-order valence-corrected chi connectivity index (χ0v) is 17.5. The highest BCUT2D eigenvalue weighted by Crippen LogP contribution is 2.25. The number of β-amino-alcohol motifs (C(OH)–C–C–N with tert-alkyl or cyclic N) is 1. The number of pyridine rings is 1. The molecular formula is C19H21Cl2N5OS. The predicted molar refractivity (Wildman–Crippen MR) is 115 cm³/mol. The lowest BCUT2D eigenvalue weighted by molar-refractivity contribution is 0.126. The van der Waals surface area contributed by atoms with Crippen molar-refractivity contribution in [1.29, 1.82) is 0 Å². The fourth-order valence-corrected chi connectivity index (χ4v) is 4.68. The van der Waals surface area contributed by atoms with E-state index >= 15 is 0 Å². The number of piperazine rings is 1. The molecule has 0 radical (unpaired) electrons. The summed E-state index contributed by atoms with van der Waals surface area (Å²) in [6, 6.07) is 12.1. The van der Waals surface area contributed by atoms with Crippen molar-refractivity contribution in [2.24, 2.45) is 0 Å². The van der Waals surface area contributed by atoms with Crippen LogP contribution in [0.5, 0.6) is 0 Å². The molecule has 1 aliphatic heterocycles. The van der Waals surface area contributed by atoms with Gasteiger partial charge in [0.15, 0.2) is 10.8 Å². The fraction of sp³-hybridized carbons (Fsp3) is 0.368. The van der Waals surface area contributed by atoms with Crippen LogP contribution in [0.4, 0.5) is 5.69 Å². The predicted octanol–water partition coefficient (Wildman–Crippen LogP) is 3.31. The highest BCUT2D eigenvalue weighted by molar-refractivity contribution is 7.99. The van der Waals surface area contributed by atoms with Gasteiger partial charge in [-0.15, -0.1) is 10.2 Å². The van der Waals surface area contributed by atoms with E-state index in [0.717, 1.165) is 26.2 Å². The van der Waals surface area contributed by atoms with E-state index in [0.29, 0.717) is 33.1 Å². The van der Waals surface area contributed by atoms with Crippen molar-refractivity contribution in [3.05, 3.63) is 52.6 Å². The summed E-state index contributed by atoms with van der Waals surface area (Å²) in [5.74, 6) is 0.532. The Morgan fingerprint density at radius 1 is 1.07 bits per heavy atom. The SMILES string of the molecule is OC(CSc1nnc2c(Cl)cc(Cl)cn12)CN1CCN(c2ccccc2)CC1. The van der Waals surface area contributed by atoms with Crippen LogP contribution in [0.15, 0.2) is 47.8 Å². The molecule has 0 saturated carbocycles. The molecule has 1 saturated heterocycles. The summed E-state index contributed by atoms with van der Waals surface area (Å²) in [6.45, 7) is 4.46. The zero-order valence-electron chi connectivity index (χ0n) is 15.2. The van der Waals surface area contributed by atoms with Gasteiger partial charge in [-0.25, -0.2) is 0 Å². The maximum atomic E-state index is 10.5. The summed E-state index contributed by atoms with van der Waals surface area (Å²) in [5.41, 5.74) is 1.83. The van der Waals surface area contributed by atoms with Gasteiger partial charge < -0.3 is 10.0 Å². The third-order valence-corrected chi connectivity index (χ3v) is 6.34. The zero-order chi connectivity index (χ0) is 19.5. The second-order valence-corrected chi connectivity index (χ2v) is 8.60. The Morgan fingerprint density at radius 3 is 2.57 bits per heavy atom. The molecule has 6 nitrogen and oxygen atoms in total. The molecule has 28 heavy (non-hydrogen) atoms. The highest BCUT2D eigenvalue weighted by Gasteiger charge is 2.20. The first-order chi connectivity index (χ1) is 13.6. The van der Waals surface area contributed by atoms with Gasteiger partial charge in [0.25, 0.3) is 0 Å². The van der Waals surface area contributed by atoms with Gasteiger partial charge in [0.05, 0.1) is 16.1 Å². The van der Waals surface area contributed by atoms with Crippen LogP contribution in [0, 0.1) is 0 Å². The summed E-state index contributed by atoms with van der Waals surface area (Å²) in [6.07, 6.45) is 1.29. The normalized spacial score (nSPS) is 16.6. The monoisotopic (exact) mass is 437 g/mol. The lowest BCUT2D eigenvalue weighted by Gasteiger charge is -2.36. The number of anilines is 1. The molecule has 0 bridgehead atoms. The minimum absolute atomic E-state index is 0.449. The second kappa shape index (κ2) is 8.88. The average molecular weight is 438 g/mol. The smallest absolute Gasteiger partial charge is 0.195 e. The largest absolute Gasteiger partial charge is 0.391 e. The van der Waals surface area contributed by atoms with Crippen LogP contribution in [-0.4, -0.2) is 69.2 Å². The standard InChI is InChI=1S/C19H21Cl2N5OS/c20-14-10-17(21)18-22-23-19(26(18)11-14)28-13-16(27)12-24-6-8-25(9-7-24)15-4-2-1-3-5-15/h1-5,10-11,16,27H,6-9,12-13H2. The van der Waals surface area contributed by atoms with Crippen LogP contribution >= 0.6 is 35.0 Å². The molecule has 1 aromatic carbocycles. The number of aromatic nitrogens is 3. The third kappa shape index (κ3) is 4.55. The van der Waals surface area contributed by atoms with Crippen molar-refractivity contribution in [3.8, 4) is 0 Å². The molecule has 0 spiro atoms. The Morgan fingerprint density at radius 2 is 1.82 bits per heavy atom. The summed E-state index contributed by atoms with van der Waals surface area (Å²) in [5, 5.41) is 20.4. The highest BCUT2D eigenvalue weighted by atomic mass is 35.5. The topological polar surface area (TPSA) is 56.9 Å². The van der Waals surface area contributed by atoms with Crippen molar-refractivity contribution < 1.29 is 5.11 Å². The van der Waals surface area contributed by atoms with Gasteiger partial charge in [0.2, 0.25) is 0 Å². The van der Waals surface area contributed by atoms with E-state index in [1.807, 2.05) is 6.07 Å². The first-order valence-electron chi connectivity index (χ1n) is 9.13. The summed E-state index contributed by atoms with van der Waals surface area (Å²) in [7, 11) is 0. The maximum absolute atomic E-state index is 10.5. The van der Waals surface area contributed by atoms with Crippen LogP contribution in [0.1, 0.15) is 0 Å². The molecule has 3 aromatic rings. The van der Waals surface area contributed by atoms with Crippen molar-refractivity contribution in [2.75, 3.05) is 43.4 Å². The minimum Gasteiger partial charge on any atom is -0.391 e. The Labute approximate surface area is 178 Å². The van der Waals surface area contributed by atoms with Crippen LogP contribution < -0.4 is 4.90 Å². The number of fused-ring (bicyclic) bond motifs is 1. The van der Waals surface area contributed by atoms with Crippen molar-refractivity contribution in [3.63, 3.8) is 0 Å². The molecule has 4 rings (SSSR count). The molecule has 3 heterocycles. The number of halogens is 2. The molecule has 1 unspecified atom stereocenters. The average Bonchev–Trinajstić information content (AvgIpc) is 3.11. The third-order valence-electron chi connectivity index (χ3n) is 4.76. The van der Waals surface area contributed by atoms with Crippen LogP contribution in [-0.2, 0) is 0 Å². The first-order valence-corrected chi connectivity index (χ1v) is 10.9. The van der Waals surface area contributed by atoms with Gasteiger partial charge in [0.1, 0.15) is 0 Å². The molecule has 0 amide bonds. The van der Waals surface area contributed by atoms with E-state index < -0.39 is 6.10 Å². The molecule has 148 valence electrons. The molecule has 2 aromatic heterocycles. The van der Waals surface area contributed by atoms with Gasteiger partial charge >= 0.3 is 0 Å². The molecule has 1 aliphatic rings. The quantitative estimate of drug-likeness (QED) is 0.596. The Hall–Kier alpha value is -1.51. The summed E-state index contributed by atoms with van der Waals surface area (Å²) >= 11 is 13.7. The van der Waals surface area contributed by atoms with E-state index in [2.05, 4.69) is 44.3 Å². The van der Waals surface area contributed by atoms with Crippen LogP contribution in [0.25, 0.3) is 5.65 Å². The molecular weight excluding hydrogens is 417 g/mol. The number of aliphatic hydroxyl groups is 1. The number of thioether (sulfide) groups is 1. The van der Waals surface area contributed by atoms with E-state index in [1.165, 1.54) is 17.4 Å². The number of hydrogen-bond acceptors (Lipinski definition) is 6. The van der Waals surface area contributed by atoms with Gasteiger partial charge in [-0.1, -0.05) is 53.2 Å². The number of aliphatic hydroxyl groups excluding tert-OH is 1. The number of nitrogens with zero attached hydrogens (tertiary/aromatic N) is 5. The number of para-hydroxylation sites is 1. The van der Waals surface area contributed by atoms with E-state index in [9.17, 15) is 5.11 Å². The van der Waals surface area contributed by atoms with E-state index in [1.54, 1.807) is 16.7 Å². The van der Waals surface area contributed by atoms with Crippen molar-refractivity contribution >= 4 is 46.3 Å². The van der Waals surface area contributed by atoms with Crippen LogP contribution in [0.2, 0.25) is 10.0 Å².